The van der Waals surface area contributed by atoms with Crippen molar-refractivity contribution in [1.82, 2.24) is 0 Å². The van der Waals surface area contributed by atoms with Gasteiger partial charge in [-0.1, -0.05) is 0 Å². The van der Waals surface area contributed by atoms with Crippen LogP contribution in [0.2, 0.25) is 0 Å². The van der Waals surface area contributed by atoms with Crippen molar-refractivity contribution >= 4 is 33.7 Å². The molecule has 0 unspecified atom stereocenters. The van der Waals surface area contributed by atoms with Gasteiger partial charge in [0.15, 0.2) is 0 Å². The molecule has 0 amide bonds. The van der Waals surface area contributed by atoms with Crippen LogP contribution in [0.4, 0.5) is 11.4 Å². The number of ether oxygens (including phenoxy) is 1. The molecule has 0 aliphatic carbocycles. The van der Waals surface area contributed by atoms with Gasteiger partial charge in [0.05, 0.1) is 29.8 Å². The monoisotopic (exact) mass is 300 g/mol. The van der Waals surface area contributed by atoms with Crippen LogP contribution in [0.1, 0.15) is 17.3 Å². The van der Waals surface area contributed by atoms with Crippen molar-refractivity contribution in [3.63, 3.8) is 0 Å². The quantitative estimate of drug-likeness (QED) is 0.232. The summed E-state index contributed by atoms with van der Waals surface area (Å²) in [4.78, 5) is 11.6. The summed E-state index contributed by atoms with van der Waals surface area (Å²) in [5.41, 5.74) is 0.870. The summed E-state index contributed by atoms with van der Waals surface area (Å²) in [6.07, 6.45) is 2.19. The van der Waals surface area contributed by atoms with Crippen LogP contribution in [-0.4, -0.2) is 33.6 Å². The Morgan fingerprint density at radius 3 is 2.70 bits per heavy atom. The summed E-state index contributed by atoms with van der Waals surface area (Å²) < 4.78 is 29.7. The Morgan fingerprint density at radius 2 is 2.15 bits per heavy atom. The molecule has 9 heteroatoms. The van der Waals surface area contributed by atoms with E-state index in [0.717, 1.165) is 12.6 Å². The molecule has 0 bridgehead atoms. The molecule has 20 heavy (non-hydrogen) atoms. The van der Waals surface area contributed by atoms with E-state index in [9.17, 15) is 13.2 Å². The summed E-state index contributed by atoms with van der Waals surface area (Å²) in [6.45, 7) is 1.94. The number of carbonyl (C=O) groups excluding carboxylic acids is 1. The SMILES string of the molecule is CCOC(=O)c1ccc(NS(C)(=O)=O)c(NC=NN)c1. The average molecular weight is 300 g/mol. The highest BCUT2D eigenvalue weighted by molar-refractivity contribution is 7.92. The first-order valence-corrected chi connectivity index (χ1v) is 7.53. The van der Waals surface area contributed by atoms with E-state index in [1.54, 1.807) is 6.92 Å². The zero-order valence-corrected chi connectivity index (χ0v) is 11.9. The Morgan fingerprint density at radius 1 is 1.45 bits per heavy atom. The third-order valence-corrected chi connectivity index (χ3v) is 2.71. The maximum Gasteiger partial charge on any atom is 0.338 e. The van der Waals surface area contributed by atoms with Crippen molar-refractivity contribution in [2.75, 3.05) is 22.9 Å². The van der Waals surface area contributed by atoms with Gasteiger partial charge in [-0.15, -0.1) is 0 Å². The van der Waals surface area contributed by atoms with Gasteiger partial charge in [-0.25, -0.2) is 13.2 Å². The highest BCUT2D eigenvalue weighted by Crippen LogP contribution is 2.24. The number of sulfonamides is 1. The maximum atomic E-state index is 11.6. The Bertz CT molecular complexity index is 613. The highest BCUT2D eigenvalue weighted by Gasteiger charge is 2.12. The first-order valence-electron chi connectivity index (χ1n) is 5.64. The standard InChI is InChI=1S/C11H16N4O4S/c1-3-19-11(16)8-4-5-9(15-20(2,17)18)10(6-8)13-7-14-12/h4-7,15H,3,12H2,1-2H3,(H,13,14). The van der Waals surface area contributed by atoms with Crippen molar-refractivity contribution in [3.8, 4) is 0 Å². The number of rotatable bonds is 6. The van der Waals surface area contributed by atoms with E-state index < -0.39 is 16.0 Å². The topological polar surface area (TPSA) is 123 Å². The van der Waals surface area contributed by atoms with E-state index in [1.807, 2.05) is 0 Å². The van der Waals surface area contributed by atoms with Gasteiger partial charge in [-0.3, -0.25) is 4.72 Å². The van der Waals surface area contributed by atoms with Crippen molar-refractivity contribution in [1.29, 1.82) is 0 Å². The Balaban J connectivity index is 3.15. The molecule has 1 aromatic rings. The number of hydrazone groups is 1. The summed E-state index contributed by atoms with van der Waals surface area (Å²) >= 11 is 0. The third kappa shape index (κ3) is 4.76. The molecule has 1 aromatic carbocycles. The van der Waals surface area contributed by atoms with Gasteiger partial charge in [0, 0.05) is 0 Å². The van der Waals surface area contributed by atoms with Crippen LogP contribution in [0.25, 0.3) is 0 Å². The van der Waals surface area contributed by atoms with Crippen LogP contribution in [0.3, 0.4) is 0 Å². The lowest BCUT2D eigenvalue weighted by Gasteiger charge is -2.11. The minimum atomic E-state index is -3.45. The van der Waals surface area contributed by atoms with E-state index in [4.69, 9.17) is 10.6 Å². The molecule has 4 N–H and O–H groups in total. The number of benzene rings is 1. The Hall–Kier alpha value is -2.29. The number of anilines is 2. The molecular formula is C11H16N4O4S. The van der Waals surface area contributed by atoms with Crippen molar-refractivity contribution < 1.29 is 17.9 Å². The predicted molar refractivity (Wildman–Crippen MR) is 77.2 cm³/mol. The normalized spacial score (nSPS) is 11.3. The fourth-order valence-corrected chi connectivity index (χ4v) is 1.98. The van der Waals surface area contributed by atoms with E-state index in [1.165, 1.54) is 18.2 Å². The summed E-state index contributed by atoms with van der Waals surface area (Å²) in [6, 6.07) is 4.34. The predicted octanol–water partition coefficient (Wildman–Crippen LogP) is 0.549. The average Bonchev–Trinajstić information content (AvgIpc) is 2.36. The molecule has 0 fully saturated rings. The highest BCUT2D eigenvalue weighted by atomic mass is 32.2. The second-order valence-corrected chi connectivity index (χ2v) is 5.53. The molecule has 8 nitrogen and oxygen atoms in total. The van der Waals surface area contributed by atoms with E-state index in [0.29, 0.717) is 5.69 Å². The van der Waals surface area contributed by atoms with Crippen LogP contribution in [0, 0.1) is 0 Å². The molecule has 0 heterocycles. The second-order valence-electron chi connectivity index (χ2n) is 3.78. The Labute approximate surface area is 117 Å². The van der Waals surface area contributed by atoms with Crippen molar-refractivity contribution in [2.24, 2.45) is 10.9 Å². The van der Waals surface area contributed by atoms with Gasteiger partial charge in [0.25, 0.3) is 0 Å². The van der Waals surface area contributed by atoms with Crippen LogP contribution in [-0.2, 0) is 14.8 Å². The molecule has 0 aliphatic heterocycles. The zero-order valence-electron chi connectivity index (χ0n) is 11.1. The lowest BCUT2D eigenvalue weighted by Crippen LogP contribution is -2.13. The summed E-state index contributed by atoms with van der Waals surface area (Å²) in [7, 11) is -3.45. The summed E-state index contributed by atoms with van der Waals surface area (Å²) in [5, 5.41) is 5.92. The van der Waals surface area contributed by atoms with Gasteiger partial charge in [0.1, 0.15) is 6.34 Å². The molecule has 0 saturated carbocycles. The molecule has 0 radical (unpaired) electrons. The maximum absolute atomic E-state index is 11.6. The molecular weight excluding hydrogens is 284 g/mol. The number of nitrogens with zero attached hydrogens (tertiary/aromatic N) is 1. The second kappa shape index (κ2) is 6.75. The molecule has 0 atom stereocenters. The van der Waals surface area contributed by atoms with Crippen LogP contribution >= 0.6 is 0 Å². The van der Waals surface area contributed by atoms with Gasteiger partial charge >= 0.3 is 5.97 Å². The fourth-order valence-electron chi connectivity index (χ4n) is 1.40. The number of nitrogens with two attached hydrogens (primary N) is 1. The molecule has 0 saturated heterocycles. The van der Waals surface area contributed by atoms with Gasteiger partial charge in [-0.2, -0.15) is 5.10 Å². The van der Waals surface area contributed by atoms with Gasteiger partial charge < -0.3 is 15.9 Å². The zero-order chi connectivity index (χ0) is 15.2. The molecule has 0 aliphatic rings. The molecule has 0 aromatic heterocycles. The van der Waals surface area contributed by atoms with Gasteiger partial charge in [-0.05, 0) is 25.1 Å². The number of hydrogen-bond acceptors (Lipinski definition) is 6. The number of nitrogens with one attached hydrogen (secondary N) is 2. The lowest BCUT2D eigenvalue weighted by molar-refractivity contribution is 0.0526. The van der Waals surface area contributed by atoms with Crippen molar-refractivity contribution in [3.05, 3.63) is 23.8 Å². The Kier molecular flexibility index (Phi) is 5.32. The molecule has 0 spiro atoms. The largest absolute Gasteiger partial charge is 0.462 e. The molecule has 1 rings (SSSR count). The lowest BCUT2D eigenvalue weighted by atomic mass is 10.2. The van der Waals surface area contributed by atoms with Crippen LogP contribution < -0.4 is 15.9 Å². The molecule has 110 valence electrons. The number of carbonyl (C=O) groups is 1. The first kappa shape index (κ1) is 15.8. The third-order valence-electron chi connectivity index (χ3n) is 2.12. The summed E-state index contributed by atoms with van der Waals surface area (Å²) in [5.74, 6) is 4.47. The van der Waals surface area contributed by atoms with E-state index >= 15 is 0 Å². The van der Waals surface area contributed by atoms with E-state index in [2.05, 4.69) is 15.1 Å². The first-order chi connectivity index (χ1) is 9.37. The fraction of sp³-hybridized carbons (Fsp3) is 0.273. The van der Waals surface area contributed by atoms with Crippen LogP contribution in [0.5, 0.6) is 0 Å². The smallest absolute Gasteiger partial charge is 0.338 e. The van der Waals surface area contributed by atoms with Gasteiger partial charge in [0.2, 0.25) is 10.0 Å². The van der Waals surface area contributed by atoms with Crippen molar-refractivity contribution in [2.45, 2.75) is 6.92 Å². The number of hydrogen-bond donors (Lipinski definition) is 3. The minimum Gasteiger partial charge on any atom is -0.462 e. The minimum absolute atomic E-state index is 0.245. The van der Waals surface area contributed by atoms with Crippen LogP contribution in [0.15, 0.2) is 23.3 Å². The number of esters is 1. The van der Waals surface area contributed by atoms with E-state index in [-0.39, 0.29) is 17.9 Å².